The number of aliphatic hydroxyl groups excluding tert-OH is 1. The number of benzene rings is 1. The Hall–Kier alpha value is -1.67. The van der Waals surface area contributed by atoms with Crippen molar-refractivity contribution in [1.82, 2.24) is 0 Å². The van der Waals surface area contributed by atoms with Gasteiger partial charge in [0.1, 0.15) is 0 Å². The minimum Gasteiger partial charge on any atom is -0.392 e. The zero-order valence-corrected chi connectivity index (χ0v) is 20.8. The lowest BCUT2D eigenvalue weighted by Gasteiger charge is -2.58. The number of fused-ring (bicyclic) bond motifs is 5. The van der Waals surface area contributed by atoms with Crippen molar-refractivity contribution in [3.63, 3.8) is 0 Å². The van der Waals surface area contributed by atoms with E-state index < -0.39 is 6.10 Å². The average Bonchev–Trinajstić information content (AvgIpc) is 3.17. The standard InChI is InChI=1S/C31H42O2/c1-5-24(21-9-7-6-8-10-21)29(33)20(2)26-13-14-27-25-12-11-22-19-23(32)15-17-30(22,3)28(25)16-18-31(26,27)4/h5-10,19-20,24-29,33H,1,11-18H2,2-4H3/t20-,24+,25-,26+,27-,28-,29+,30-,31+/m0/s1. The second-order valence-electron chi connectivity index (χ2n) is 12.2. The molecular formula is C31H42O2. The summed E-state index contributed by atoms with van der Waals surface area (Å²) in [6.45, 7) is 11.4. The van der Waals surface area contributed by atoms with E-state index in [9.17, 15) is 9.90 Å². The van der Waals surface area contributed by atoms with Crippen LogP contribution in [0.1, 0.15) is 83.6 Å². The summed E-state index contributed by atoms with van der Waals surface area (Å²) in [4.78, 5) is 12.1. The summed E-state index contributed by atoms with van der Waals surface area (Å²) in [5.74, 6) is 3.40. The van der Waals surface area contributed by atoms with Gasteiger partial charge in [-0.15, -0.1) is 6.58 Å². The van der Waals surface area contributed by atoms with Gasteiger partial charge in [-0.05, 0) is 97.0 Å². The first-order valence-electron chi connectivity index (χ1n) is 13.4. The molecular weight excluding hydrogens is 404 g/mol. The Kier molecular flexibility index (Phi) is 5.96. The van der Waals surface area contributed by atoms with Crippen molar-refractivity contribution in [2.45, 2.75) is 84.2 Å². The summed E-state index contributed by atoms with van der Waals surface area (Å²) in [5.41, 5.74) is 3.18. The van der Waals surface area contributed by atoms with Gasteiger partial charge in [-0.2, -0.15) is 0 Å². The number of hydrogen-bond acceptors (Lipinski definition) is 2. The number of hydrogen-bond donors (Lipinski definition) is 1. The lowest BCUT2D eigenvalue weighted by Crippen LogP contribution is -2.51. The van der Waals surface area contributed by atoms with Gasteiger partial charge >= 0.3 is 0 Å². The highest BCUT2D eigenvalue weighted by molar-refractivity contribution is 5.91. The van der Waals surface area contributed by atoms with E-state index in [1.807, 2.05) is 18.2 Å². The third-order valence-electron chi connectivity index (χ3n) is 11.0. The lowest BCUT2D eigenvalue weighted by atomic mass is 9.46. The van der Waals surface area contributed by atoms with Gasteiger partial charge < -0.3 is 5.11 Å². The first kappa shape index (κ1) is 23.1. The maximum Gasteiger partial charge on any atom is 0.155 e. The predicted octanol–water partition coefficient (Wildman–Crippen LogP) is 7.10. The first-order chi connectivity index (χ1) is 15.8. The number of rotatable bonds is 5. The molecule has 0 saturated heterocycles. The van der Waals surface area contributed by atoms with Crippen LogP contribution < -0.4 is 0 Å². The molecule has 2 nitrogen and oxygen atoms in total. The van der Waals surface area contributed by atoms with E-state index in [1.54, 1.807) is 0 Å². The molecule has 0 radical (unpaired) electrons. The second-order valence-corrected chi connectivity index (χ2v) is 12.2. The van der Waals surface area contributed by atoms with Crippen molar-refractivity contribution >= 4 is 5.78 Å². The molecule has 4 aliphatic carbocycles. The summed E-state index contributed by atoms with van der Waals surface area (Å²) in [6, 6.07) is 10.4. The van der Waals surface area contributed by atoms with Crippen molar-refractivity contribution in [2.24, 2.45) is 40.4 Å². The molecule has 1 N–H and O–H groups in total. The van der Waals surface area contributed by atoms with Crippen LogP contribution >= 0.6 is 0 Å². The van der Waals surface area contributed by atoms with Crippen LogP contribution in [0, 0.1) is 40.4 Å². The maximum atomic E-state index is 12.1. The molecule has 0 spiro atoms. The number of carbonyl (C=O) groups is 1. The van der Waals surface area contributed by atoms with E-state index in [4.69, 9.17) is 0 Å². The highest BCUT2D eigenvalue weighted by Crippen LogP contribution is 2.67. The number of carbonyl (C=O) groups excluding carboxylic acids is 1. The van der Waals surface area contributed by atoms with E-state index in [0.29, 0.717) is 17.1 Å². The summed E-state index contributed by atoms with van der Waals surface area (Å²) >= 11 is 0. The van der Waals surface area contributed by atoms with Gasteiger partial charge in [0.05, 0.1) is 6.10 Å². The van der Waals surface area contributed by atoms with Crippen LogP contribution in [0.25, 0.3) is 0 Å². The molecule has 2 heteroatoms. The Bertz CT molecular complexity index is 932. The molecule has 0 unspecified atom stereocenters. The zero-order valence-electron chi connectivity index (χ0n) is 20.8. The summed E-state index contributed by atoms with van der Waals surface area (Å²) < 4.78 is 0. The number of ketones is 1. The van der Waals surface area contributed by atoms with Gasteiger partial charge in [-0.1, -0.05) is 62.8 Å². The van der Waals surface area contributed by atoms with Crippen molar-refractivity contribution in [3.8, 4) is 0 Å². The highest BCUT2D eigenvalue weighted by Gasteiger charge is 2.60. The molecule has 3 fully saturated rings. The SMILES string of the molecule is C=C[C@H](c1ccccc1)[C@H](O)[C@@H](C)[C@H]1CC[C@H]2[C@@H]3CCC4=CC(=O)CC[C@]4(C)[C@H]3CC[C@]12C. The van der Waals surface area contributed by atoms with Gasteiger partial charge in [0.25, 0.3) is 0 Å². The summed E-state index contributed by atoms with van der Waals surface area (Å²) in [6.07, 6.45) is 12.8. The van der Waals surface area contributed by atoms with Crippen molar-refractivity contribution in [3.05, 3.63) is 60.2 Å². The molecule has 3 saturated carbocycles. The zero-order chi connectivity index (χ0) is 23.4. The smallest absolute Gasteiger partial charge is 0.155 e. The third kappa shape index (κ3) is 3.59. The van der Waals surface area contributed by atoms with Gasteiger partial charge in [0.15, 0.2) is 5.78 Å². The predicted molar refractivity (Wildman–Crippen MR) is 135 cm³/mol. The van der Waals surface area contributed by atoms with Gasteiger partial charge in [-0.3, -0.25) is 4.79 Å². The van der Waals surface area contributed by atoms with Crippen LogP contribution in [0.4, 0.5) is 0 Å². The molecule has 5 rings (SSSR count). The molecule has 178 valence electrons. The Morgan fingerprint density at radius 3 is 2.52 bits per heavy atom. The summed E-state index contributed by atoms with van der Waals surface area (Å²) in [7, 11) is 0. The summed E-state index contributed by atoms with van der Waals surface area (Å²) in [5, 5.41) is 11.5. The average molecular weight is 447 g/mol. The van der Waals surface area contributed by atoms with Crippen LogP contribution in [-0.2, 0) is 4.79 Å². The van der Waals surface area contributed by atoms with Crippen molar-refractivity contribution < 1.29 is 9.90 Å². The molecule has 9 atom stereocenters. The van der Waals surface area contributed by atoms with E-state index in [1.165, 1.54) is 43.2 Å². The van der Waals surface area contributed by atoms with E-state index in [-0.39, 0.29) is 17.3 Å². The second kappa shape index (κ2) is 8.52. The Balaban J connectivity index is 1.37. The Morgan fingerprint density at radius 2 is 1.79 bits per heavy atom. The van der Waals surface area contributed by atoms with E-state index in [2.05, 4.69) is 51.6 Å². The van der Waals surface area contributed by atoms with Crippen molar-refractivity contribution in [1.29, 1.82) is 0 Å². The third-order valence-corrected chi connectivity index (χ3v) is 11.0. The minimum atomic E-state index is -0.397. The Morgan fingerprint density at radius 1 is 1.03 bits per heavy atom. The molecule has 0 amide bonds. The molecule has 1 aromatic rings. The van der Waals surface area contributed by atoms with Crippen LogP contribution in [0.15, 0.2) is 54.6 Å². The van der Waals surface area contributed by atoms with Gasteiger partial charge in [0.2, 0.25) is 0 Å². The molecule has 0 aromatic heterocycles. The molecule has 4 aliphatic rings. The fourth-order valence-electron chi connectivity index (χ4n) is 9.18. The van der Waals surface area contributed by atoms with Crippen LogP contribution in [0.3, 0.4) is 0 Å². The quantitative estimate of drug-likeness (QED) is 0.490. The molecule has 1 aromatic carbocycles. The largest absolute Gasteiger partial charge is 0.392 e. The van der Waals surface area contributed by atoms with Crippen molar-refractivity contribution in [2.75, 3.05) is 0 Å². The topological polar surface area (TPSA) is 37.3 Å². The van der Waals surface area contributed by atoms with E-state index in [0.717, 1.165) is 37.0 Å². The van der Waals surface area contributed by atoms with Gasteiger partial charge in [0, 0.05) is 12.3 Å². The van der Waals surface area contributed by atoms with Crippen LogP contribution in [0.5, 0.6) is 0 Å². The fourth-order valence-corrected chi connectivity index (χ4v) is 9.18. The molecule has 33 heavy (non-hydrogen) atoms. The molecule has 0 heterocycles. The fraction of sp³-hybridized carbons (Fsp3) is 0.645. The molecule has 0 bridgehead atoms. The molecule has 0 aliphatic heterocycles. The Labute approximate surface area is 200 Å². The number of aliphatic hydroxyl groups is 1. The normalized spacial score (nSPS) is 40.6. The minimum absolute atomic E-state index is 0.0127. The van der Waals surface area contributed by atoms with Crippen LogP contribution in [0.2, 0.25) is 0 Å². The van der Waals surface area contributed by atoms with Crippen LogP contribution in [-0.4, -0.2) is 17.0 Å². The van der Waals surface area contributed by atoms with Gasteiger partial charge in [-0.25, -0.2) is 0 Å². The lowest BCUT2D eigenvalue weighted by molar-refractivity contribution is -0.117. The maximum absolute atomic E-state index is 12.1. The first-order valence-corrected chi connectivity index (χ1v) is 13.4. The van der Waals surface area contributed by atoms with E-state index >= 15 is 0 Å². The number of allylic oxidation sites excluding steroid dienone is 1. The highest BCUT2D eigenvalue weighted by atomic mass is 16.3. The monoisotopic (exact) mass is 446 g/mol.